The van der Waals surface area contributed by atoms with Crippen LogP contribution in [0.1, 0.15) is 41.6 Å². The molecule has 0 amide bonds. The zero-order valence-electron chi connectivity index (χ0n) is 10.8. The Bertz CT molecular complexity index is 496. The Hall–Kier alpha value is -1.55. The maximum Gasteiger partial charge on any atom is 0.338 e. The Morgan fingerprint density at radius 1 is 1.47 bits per heavy atom. The Balaban J connectivity index is 2.37. The highest BCUT2D eigenvalue weighted by Gasteiger charge is 2.19. The van der Waals surface area contributed by atoms with Crippen molar-refractivity contribution in [3.63, 3.8) is 0 Å². The second-order valence-electron chi connectivity index (χ2n) is 4.68. The number of ether oxygens (including phenoxy) is 1. The van der Waals surface area contributed by atoms with E-state index in [0.717, 1.165) is 18.5 Å². The van der Waals surface area contributed by atoms with Crippen LogP contribution in [0.5, 0.6) is 0 Å². The molecule has 1 saturated carbocycles. The molecule has 0 unspecified atom stereocenters. The Kier molecular flexibility index (Phi) is 4.43. The van der Waals surface area contributed by atoms with Crippen molar-refractivity contribution < 1.29 is 9.53 Å². The first-order valence-corrected chi connectivity index (χ1v) is 6.72. The van der Waals surface area contributed by atoms with Crippen molar-refractivity contribution in [2.45, 2.75) is 31.7 Å². The molecule has 0 atom stereocenters. The van der Waals surface area contributed by atoms with E-state index in [1.807, 2.05) is 0 Å². The van der Waals surface area contributed by atoms with Crippen molar-refractivity contribution in [2.24, 2.45) is 0 Å². The lowest BCUT2D eigenvalue weighted by Crippen LogP contribution is -2.17. The van der Waals surface area contributed by atoms with Crippen molar-refractivity contribution in [1.29, 1.82) is 5.41 Å². The van der Waals surface area contributed by atoms with Crippen molar-refractivity contribution >= 4 is 29.5 Å². The van der Waals surface area contributed by atoms with E-state index in [-0.39, 0.29) is 0 Å². The third kappa shape index (κ3) is 3.07. The molecule has 0 spiro atoms. The number of carbonyl (C=O) groups excluding carboxylic acids is 1. The fourth-order valence-corrected chi connectivity index (χ4v) is 2.68. The summed E-state index contributed by atoms with van der Waals surface area (Å²) in [7, 11) is 1.32. The van der Waals surface area contributed by atoms with Gasteiger partial charge in [-0.15, -0.1) is 0 Å². The summed E-state index contributed by atoms with van der Waals surface area (Å²) in [6.45, 7) is 0. The fraction of sp³-hybridized carbons (Fsp3) is 0.429. The summed E-state index contributed by atoms with van der Waals surface area (Å²) in [4.78, 5) is 11.7. The molecule has 0 radical (unpaired) electrons. The molecule has 1 aliphatic rings. The number of methoxy groups -OCH3 is 1. The summed E-state index contributed by atoms with van der Waals surface area (Å²) in [6, 6.07) is 3.68. The lowest BCUT2D eigenvalue weighted by atomic mass is 10.0. The van der Waals surface area contributed by atoms with Crippen LogP contribution < -0.4 is 5.32 Å². The summed E-state index contributed by atoms with van der Waals surface area (Å²) in [5.74, 6) is -0.476. The van der Waals surface area contributed by atoms with Crippen LogP contribution in [0, 0.1) is 5.41 Å². The van der Waals surface area contributed by atoms with E-state index in [4.69, 9.17) is 21.7 Å². The maximum absolute atomic E-state index is 11.7. The highest BCUT2D eigenvalue weighted by Crippen LogP contribution is 2.28. The van der Waals surface area contributed by atoms with Crippen LogP contribution in [0.3, 0.4) is 0 Å². The third-order valence-corrected chi connectivity index (χ3v) is 3.63. The van der Waals surface area contributed by atoms with Crippen LogP contribution in [0.25, 0.3) is 0 Å². The Labute approximate surface area is 117 Å². The summed E-state index contributed by atoms with van der Waals surface area (Å²) >= 11 is 6.04. The molecule has 0 bridgehead atoms. The number of nitrogens with one attached hydrogen (secondary N) is 2. The average Bonchev–Trinajstić information content (AvgIpc) is 2.90. The van der Waals surface area contributed by atoms with Gasteiger partial charge in [-0.3, -0.25) is 0 Å². The second kappa shape index (κ2) is 6.06. The molecule has 1 aromatic carbocycles. The van der Waals surface area contributed by atoms with Crippen LogP contribution in [-0.4, -0.2) is 25.3 Å². The molecule has 1 fully saturated rings. The minimum absolute atomic E-state index is 0.325. The van der Waals surface area contributed by atoms with Crippen LogP contribution in [0.2, 0.25) is 5.02 Å². The van der Waals surface area contributed by atoms with Gasteiger partial charge >= 0.3 is 5.97 Å². The minimum Gasteiger partial charge on any atom is -0.465 e. The predicted octanol–water partition coefficient (Wildman–Crippen LogP) is 3.48. The van der Waals surface area contributed by atoms with Gasteiger partial charge in [0.05, 0.1) is 12.7 Å². The van der Waals surface area contributed by atoms with E-state index >= 15 is 0 Å². The van der Waals surface area contributed by atoms with Gasteiger partial charge in [-0.1, -0.05) is 24.4 Å². The molecule has 0 heterocycles. The number of esters is 1. The third-order valence-electron chi connectivity index (χ3n) is 3.41. The van der Waals surface area contributed by atoms with Gasteiger partial charge in [0.25, 0.3) is 0 Å². The number of hydrogen-bond donors (Lipinski definition) is 2. The minimum atomic E-state index is -0.476. The molecular weight excluding hydrogens is 264 g/mol. The van der Waals surface area contributed by atoms with Crippen LogP contribution >= 0.6 is 11.6 Å². The van der Waals surface area contributed by atoms with Gasteiger partial charge < -0.3 is 15.5 Å². The first-order valence-electron chi connectivity index (χ1n) is 6.34. The molecule has 102 valence electrons. The Morgan fingerprint density at radius 2 is 2.16 bits per heavy atom. The number of anilines is 1. The molecule has 5 heteroatoms. The zero-order valence-corrected chi connectivity index (χ0v) is 11.6. The van der Waals surface area contributed by atoms with E-state index in [2.05, 4.69) is 5.32 Å². The highest BCUT2D eigenvalue weighted by atomic mass is 35.5. The number of carbonyl (C=O) groups is 1. The lowest BCUT2D eigenvalue weighted by Gasteiger charge is -2.17. The topological polar surface area (TPSA) is 62.2 Å². The quantitative estimate of drug-likeness (QED) is 0.656. The monoisotopic (exact) mass is 280 g/mol. The molecule has 1 aromatic rings. The first-order chi connectivity index (χ1) is 9.15. The molecule has 2 rings (SSSR count). The molecular formula is C14H17ClN2O2. The second-order valence-corrected chi connectivity index (χ2v) is 5.11. The van der Waals surface area contributed by atoms with E-state index in [9.17, 15) is 4.79 Å². The number of benzene rings is 1. The van der Waals surface area contributed by atoms with Gasteiger partial charge in [0.15, 0.2) is 0 Å². The Morgan fingerprint density at radius 3 is 2.74 bits per heavy atom. The van der Waals surface area contributed by atoms with Crippen molar-refractivity contribution in [3.05, 3.63) is 28.3 Å². The lowest BCUT2D eigenvalue weighted by molar-refractivity contribution is 0.0600. The molecule has 0 aliphatic heterocycles. The van der Waals surface area contributed by atoms with Gasteiger partial charge in [0.2, 0.25) is 0 Å². The van der Waals surface area contributed by atoms with E-state index in [0.29, 0.717) is 22.2 Å². The maximum atomic E-state index is 11.7. The van der Waals surface area contributed by atoms with Crippen molar-refractivity contribution in [1.82, 2.24) is 0 Å². The van der Waals surface area contributed by atoms with Gasteiger partial charge in [-0.2, -0.15) is 0 Å². The predicted molar refractivity (Wildman–Crippen MR) is 76.6 cm³/mol. The smallest absolute Gasteiger partial charge is 0.338 e. The first kappa shape index (κ1) is 13.9. The van der Waals surface area contributed by atoms with Gasteiger partial charge in [0.1, 0.15) is 0 Å². The van der Waals surface area contributed by atoms with E-state index in [1.54, 1.807) is 6.07 Å². The molecule has 2 N–H and O–H groups in total. The number of halogens is 1. The van der Waals surface area contributed by atoms with Gasteiger partial charge in [-0.25, -0.2) is 4.79 Å². The molecule has 4 nitrogen and oxygen atoms in total. The largest absolute Gasteiger partial charge is 0.465 e. The summed E-state index contributed by atoms with van der Waals surface area (Å²) in [6.07, 6.45) is 5.80. The fourth-order valence-electron chi connectivity index (χ4n) is 2.46. The van der Waals surface area contributed by atoms with Crippen LogP contribution in [-0.2, 0) is 4.74 Å². The van der Waals surface area contributed by atoms with E-state index < -0.39 is 5.97 Å². The standard InChI is InChI=1S/C14H17ClN2O2/c1-19-14(18)11-6-9(15)7-13(12(11)8-16)17-10-4-2-3-5-10/h6-8,10,16-17H,2-5H2,1H3. The van der Waals surface area contributed by atoms with Crippen molar-refractivity contribution in [3.8, 4) is 0 Å². The van der Waals surface area contributed by atoms with Gasteiger partial charge in [-0.05, 0) is 25.0 Å². The SMILES string of the molecule is COC(=O)c1cc(Cl)cc(NC2CCCC2)c1C=N. The normalized spacial score (nSPS) is 15.3. The summed E-state index contributed by atoms with van der Waals surface area (Å²) in [5.41, 5.74) is 1.59. The molecule has 1 aliphatic carbocycles. The van der Waals surface area contributed by atoms with Crippen molar-refractivity contribution in [2.75, 3.05) is 12.4 Å². The summed E-state index contributed by atoms with van der Waals surface area (Å²) < 4.78 is 4.73. The van der Waals surface area contributed by atoms with E-state index in [1.165, 1.54) is 32.2 Å². The molecule has 19 heavy (non-hydrogen) atoms. The molecule has 0 saturated heterocycles. The number of rotatable bonds is 4. The number of hydrogen-bond acceptors (Lipinski definition) is 4. The molecule has 0 aromatic heterocycles. The zero-order chi connectivity index (χ0) is 13.8. The van der Waals surface area contributed by atoms with Crippen LogP contribution in [0.15, 0.2) is 12.1 Å². The van der Waals surface area contributed by atoms with Gasteiger partial charge in [0, 0.05) is 28.5 Å². The summed E-state index contributed by atoms with van der Waals surface area (Å²) in [5, 5.41) is 11.4. The average molecular weight is 281 g/mol. The highest BCUT2D eigenvalue weighted by molar-refractivity contribution is 6.31. The van der Waals surface area contributed by atoms with Crippen LogP contribution in [0.4, 0.5) is 5.69 Å².